The van der Waals surface area contributed by atoms with Gasteiger partial charge >= 0.3 is 6.01 Å². The van der Waals surface area contributed by atoms with E-state index in [0.717, 1.165) is 5.56 Å². The van der Waals surface area contributed by atoms with Crippen molar-refractivity contribution in [3.05, 3.63) is 54.4 Å². The van der Waals surface area contributed by atoms with Crippen LogP contribution in [0.1, 0.15) is 5.56 Å². The Hall–Kier alpha value is -1.81. The summed E-state index contributed by atoms with van der Waals surface area (Å²) in [7, 11) is 0. The fourth-order valence-corrected chi connectivity index (χ4v) is 1.26. The third-order valence-corrected chi connectivity index (χ3v) is 2.05. The van der Waals surface area contributed by atoms with Gasteiger partial charge in [-0.2, -0.15) is 0 Å². The largest absolute Gasteiger partial charge is 0.412 e. The molecule has 0 aliphatic heterocycles. The highest BCUT2D eigenvalue weighted by Gasteiger charge is 2.03. The van der Waals surface area contributed by atoms with Crippen LogP contribution in [0.5, 0.6) is 6.01 Å². The Kier molecular flexibility index (Phi) is 2.99. The smallest absolute Gasteiger partial charge is 0.322 e. The van der Waals surface area contributed by atoms with E-state index in [1.165, 1.54) is 0 Å². The van der Waals surface area contributed by atoms with Crippen LogP contribution < -0.4 is 4.74 Å². The molecular formula is C11H8N2OS. The first-order valence-corrected chi connectivity index (χ1v) is 4.81. The normalized spacial score (nSPS) is 9.60. The minimum absolute atomic E-state index is 0.270. The van der Waals surface area contributed by atoms with E-state index in [2.05, 4.69) is 9.97 Å². The lowest BCUT2D eigenvalue weighted by Crippen LogP contribution is -2.08. The van der Waals surface area contributed by atoms with Gasteiger partial charge in [-0.1, -0.05) is 30.3 Å². The second-order valence-corrected chi connectivity index (χ2v) is 3.16. The van der Waals surface area contributed by atoms with Gasteiger partial charge in [0, 0.05) is 18.0 Å². The summed E-state index contributed by atoms with van der Waals surface area (Å²) >= 11 is 5.10. The molecule has 2 aromatic rings. The number of nitrogens with zero attached hydrogens (tertiary/aromatic N) is 2. The van der Waals surface area contributed by atoms with Crippen molar-refractivity contribution in [2.24, 2.45) is 0 Å². The second-order valence-electron chi connectivity index (χ2n) is 2.79. The van der Waals surface area contributed by atoms with Crippen LogP contribution in [0.4, 0.5) is 0 Å². The van der Waals surface area contributed by atoms with E-state index >= 15 is 0 Å². The van der Waals surface area contributed by atoms with Gasteiger partial charge in [-0.05, 0) is 18.3 Å². The Labute approximate surface area is 92.8 Å². The summed E-state index contributed by atoms with van der Waals surface area (Å²) in [6.07, 6.45) is 3.21. The first kappa shape index (κ1) is 9.73. The molecule has 74 valence electrons. The van der Waals surface area contributed by atoms with Crippen molar-refractivity contribution < 1.29 is 4.74 Å². The van der Waals surface area contributed by atoms with E-state index in [1.54, 1.807) is 18.5 Å². The molecule has 1 heterocycles. The third kappa shape index (κ3) is 2.57. The van der Waals surface area contributed by atoms with Gasteiger partial charge in [0.1, 0.15) is 0 Å². The van der Waals surface area contributed by atoms with Gasteiger partial charge in [0.2, 0.25) is 5.05 Å². The second kappa shape index (κ2) is 4.61. The van der Waals surface area contributed by atoms with E-state index in [-0.39, 0.29) is 6.01 Å². The van der Waals surface area contributed by atoms with E-state index in [0.29, 0.717) is 5.05 Å². The average Bonchev–Trinajstić information content (AvgIpc) is 2.31. The van der Waals surface area contributed by atoms with E-state index in [9.17, 15) is 0 Å². The summed E-state index contributed by atoms with van der Waals surface area (Å²) in [5, 5.41) is 0.377. The number of aromatic nitrogens is 2. The number of hydrogen-bond acceptors (Lipinski definition) is 4. The molecule has 2 rings (SSSR count). The number of hydrogen-bond donors (Lipinski definition) is 0. The van der Waals surface area contributed by atoms with Crippen molar-refractivity contribution in [3.63, 3.8) is 0 Å². The lowest BCUT2D eigenvalue weighted by Gasteiger charge is -2.03. The molecule has 4 heteroatoms. The van der Waals surface area contributed by atoms with Crippen molar-refractivity contribution in [1.29, 1.82) is 0 Å². The molecule has 1 aromatic heterocycles. The molecule has 3 nitrogen and oxygen atoms in total. The molecule has 0 unspecified atom stereocenters. The van der Waals surface area contributed by atoms with Gasteiger partial charge in [0.25, 0.3) is 0 Å². The minimum atomic E-state index is 0.270. The maximum absolute atomic E-state index is 5.31. The van der Waals surface area contributed by atoms with Crippen LogP contribution in [-0.2, 0) is 0 Å². The summed E-state index contributed by atoms with van der Waals surface area (Å²) in [5.41, 5.74) is 0.847. The molecule has 0 saturated carbocycles. The molecule has 0 aliphatic carbocycles. The van der Waals surface area contributed by atoms with Gasteiger partial charge in [0.05, 0.1) is 0 Å². The highest BCUT2D eigenvalue weighted by molar-refractivity contribution is 7.80. The van der Waals surface area contributed by atoms with Gasteiger partial charge in [-0.25, -0.2) is 9.97 Å². The molecule has 0 saturated heterocycles. The van der Waals surface area contributed by atoms with Crippen molar-refractivity contribution in [2.45, 2.75) is 0 Å². The van der Waals surface area contributed by atoms with Crippen LogP contribution in [0.25, 0.3) is 0 Å². The molecule has 0 aliphatic rings. The van der Waals surface area contributed by atoms with Crippen LogP contribution in [0.15, 0.2) is 48.8 Å². The van der Waals surface area contributed by atoms with Gasteiger partial charge in [-0.3, -0.25) is 0 Å². The minimum Gasteiger partial charge on any atom is -0.412 e. The topological polar surface area (TPSA) is 35.0 Å². The van der Waals surface area contributed by atoms with Gasteiger partial charge < -0.3 is 4.74 Å². The molecule has 0 spiro atoms. The first-order valence-electron chi connectivity index (χ1n) is 4.40. The molecule has 0 bridgehead atoms. The highest BCUT2D eigenvalue weighted by atomic mass is 32.1. The summed E-state index contributed by atoms with van der Waals surface area (Å²) in [4.78, 5) is 7.85. The van der Waals surface area contributed by atoms with Crippen molar-refractivity contribution >= 4 is 17.3 Å². The maximum Gasteiger partial charge on any atom is 0.322 e. The quantitative estimate of drug-likeness (QED) is 0.721. The Morgan fingerprint density at radius 2 is 1.67 bits per heavy atom. The Bertz CT molecular complexity index is 445. The molecule has 0 radical (unpaired) electrons. The third-order valence-electron chi connectivity index (χ3n) is 1.74. The standard InChI is InChI=1S/C11H8N2OS/c15-10(9-5-2-1-3-6-9)14-11-12-7-4-8-13-11/h1-8H. The summed E-state index contributed by atoms with van der Waals surface area (Å²) in [6, 6.07) is 11.5. The lowest BCUT2D eigenvalue weighted by molar-refractivity contribution is 0.515. The lowest BCUT2D eigenvalue weighted by atomic mass is 10.2. The molecule has 0 amide bonds. The zero-order chi connectivity index (χ0) is 10.5. The van der Waals surface area contributed by atoms with Crippen LogP contribution in [0.3, 0.4) is 0 Å². The van der Waals surface area contributed by atoms with Crippen molar-refractivity contribution in [1.82, 2.24) is 9.97 Å². The molecular weight excluding hydrogens is 208 g/mol. The average molecular weight is 216 g/mol. The van der Waals surface area contributed by atoms with Crippen molar-refractivity contribution in [3.8, 4) is 6.01 Å². The van der Waals surface area contributed by atoms with Crippen LogP contribution in [0.2, 0.25) is 0 Å². The van der Waals surface area contributed by atoms with Gasteiger partial charge in [-0.15, -0.1) is 0 Å². The number of thiocarbonyl (C=S) groups is 1. The van der Waals surface area contributed by atoms with Gasteiger partial charge in [0.15, 0.2) is 0 Å². The fraction of sp³-hybridized carbons (Fsp3) is 0. The Morgan fingerprint density at radius 3 is 2.33 bits per heavy atom. The zero-order valence-electron chi connectivity index (χ0n) is 7.83. The number of benzene rings is 1. The van der Waals surface area contributed by atoms with E-state index in [4.69, 9.17) is 17.0 Å². The zero-order valence-corrected chi connectivity index (χ0v) is 8.65. The van der Waals surface area contributed by atoms with Crippen LogP contribution in [0, 0.1) is 0 Å². The van der Waals surface area contributed by atoms with Crippen molar-refractivity contribution in [2.75, 3.05) is 0 Å². The molecule has 0 N–H and O–H groups in total. The van der Waals surface area contributed by atoms with Crippen LogP contribution >= 0.6 is 12.2 Å². The molecule has 15 heavy (non-hydrogen) atoms. The Morgan fingerprint density at radius 1 is 1.00 bits per heavy atom. The maximum atomic E-state index is 5.31. The summed E-state index contributed by atoms with van der Waals surface area (Å²) in [5.74, 6) is 0. The Balaban J connectivity index is 2.12. The van der Waals surface area contributed by atoms with E-state index < -0.39 is 0 Å². The van der Waals surface area contributed by atoms with E-state index in [1.807, 2.05) is 30.3 Å². The predicted molar refractivity (Wildman–Crippen MR) is 60.8 cm³/mol. The summed E-state index contributed by atoms with van der Waals surface area (Å²) < 4.78 is 5.31. The first-order chi connectivity index (χ1) is 7.36. The molecule has 1 aromatic carbocycles. The molecule has 0 fully saturated rings. The highest BCUT2D eigenvalue weighted by Crippen LogP contribution is 2.06. The summed E-state index contributed by atoms with van der Waals surface area (Å²) in [6.45, 7) is 0. The predicted octanol–water partition coefficient (Wildman–Crippen LogP) is 2.23. The monoisotopic (exact) mass is 216 g/mol. The number of ether oxygens (including phenoxy) is 1. The SMILES string of the molecule is S=C(Oc1ncccn1)c1ccccc1. The van der Waals surface area contributed by atoms with Crippen LogP contribution in [-0.4, -0.2) is 15.0 Å². The fourth-order valence-electron chi connectivity index (χ4n) is 1.05. The number of rotatable bonds is 2. The molecule has 0 atom stereocenters.